The zero-order chi connectivity index (χ0) is 26.3. The van der Waals surface area contributed by atoms with Crippen molar-refractivity contribution in [2.24, 2.45) is 11.7 Å². The molecule has 1 aliphatic rings. The highest BCUT2D eigenvalue weighted by atomic mass is 16.6. The Hall–Kier alpha value is -3.23. The van der Waals surface area contributed by atoms with Crippen LogP contribution in [0.1, 0.15) is 38.3 Å². The van der Waals surface area contributed by atoms with Gasteiger partial charge in [-0.25, -0.2) is 0 Å². The van der Waals surface area contributed by atoms with Gasteiger partial charge in [0.2, 0.25) is 11.8 Å². The molecule has 194 valence electrons. The van der Waals surface area contributed by atoms with Gasteiger partial charge in [-0.2, -0.15) is 0 Å². The molecule has 0 spiro atoms. The standard InChI is InChI=1S/C28H37N3O5/c1-18(2)14-23(25(32)28(3)17-36-28)30-27(34)24(16-19-8-6-5-7-9-19)31-26(33)22(29)15-20-10-12-21(35-4)13-11-20/h5-13,18,22-24H,14-17,29H2,1-4H3,(H,30,34)(H,31,33). The van der Waals surface area contributed by atoms with E-state index >= 15 is 0 Å². The number of ketones is 1. The molecule has 0 aromatic heterocycles. The molecule has 0 saturated carbocycles. The van der Waals surface area contributed by atoms with E-state index in [1.165, 1.54) is 0 Å². The van der Waals surface area contributed by atoms with E-state index in [0.29, 0.717) is 25.2 Å². The Balaban J connectivity index is 1.72. The van der Waals surface area contributed by atoms with Crippen LogP contribution in [0.4, 0.5) is 0 Å². The van der Waals surface area contributed by atoms with Crippen LogP contribution in [0.5, 0.6) is 5.75 Å². The molecule has 1 heterocycles. The van der Waals surface area contributed by atoms with Crippen LogP contribution in [0.2, 0.25) is 0 Å². The Morgan fingerprint density at radius 3 is 2.08 bits per heavy atom. The molecule has 0 aliphatic carbocycles. The molecular formula is C28H37N3O5. The van der Waals surface area contributed by atoms with Crippen LogP contribution in [-0.2, 0) is 32.0 Å². The van der Waals surface area contributed by atoms with E-state index in [1.54, 1.807) is 14.0 Å². The molecule has 8 heteroatoms. The third-order valence-electron chi connectivity index (χ3n) is 6.31. The number of amides is 2. The minimum absolute atomic E-state index is 0.148. The first-order chi connectivity index (χ1) is 17.1. The fourth-order valence-corrected chi connectivity index (χ4v) is 4.04. The number of rotatable bonds is 13. The predicted octanol–water partition coefficient (Wildman–Crippen LogP) is 2.18. The van der Waals surface area contributed by atoms with Gasteiger partial charge in [-0.05, 0) is 48.9 Å². The average molecular weight is 496 g/mol. The number of ether oxygens (including phenoxy) is 2. The lowest BCUT2D eigenvalue weighted by Crippen LogP contribution is -2.56. The van der Waals surface area contributed by atoms with E-state index < -0.39 is 35.5 Å². The molecule has 1 fully saturated rings. The van der Waals surface area contributed by atoms with Crippen molar-refractivity contribution >= 4 is 17.6 Å². The number of nitrogens with two attached hydrogens (primary N) is 1. The Kier molecular flexibility index (Phi) is 9.23. The van der Waals surface area contributed by atoms with Gasteiger partial charge in [-0.1, -0.05) is 56.3 Å². The molecule has 1 saturated heterocycles. The summed E-state index contributed by atoms with van der Waals surface area (Å²) in [6.45, 7) is 6.06. The van der Waals surface area contributed by atoms with Gasteiger partial charge in [0.05, 0.1) is 25.8 Å². The molecule has 2 aromatic rings. The first kappa shape index (κ1) is 27.4. The number of carbonyl (C=O) groups is 3. The third kappa shape index (κ3) is 7.63. The van der Waals surface area contributed by atoms with E-state index in [2.05, 4.69) is 10.6 Å². The Labute approximate surface area is 212 Å². The largest absolute Gasteiger partial charge is 0.497 e. The summed E-state index contributed by atoms with van der Waals surface area (Å²) >= 11 is 0. The summed E-state index contributed by atoms with van der Waals surface area (Å²) in [6.07, 6.45) is 1.05. The van der Waals surface area contributed by atoms with E-state index in [1.807, 2.05) is 68.4 Å². The van der Waals surface area contributed by atoms with Crippen LogP contribution in [0.15, 0.2) is 54.6 Å². The third-order valence-corrected chi connectivity index (χ3v) is 6.31. The van der Waals surface area contributed by atoms with E-state index in [9.17, 15) is 14.4 Å². The van der Waals surface area contributed by atoms with Crippen molar-refractivity contribution < 1.29 is 23.9 Å². The molecule has 2 amide bonds. The fraction of sp³-hybridized carbons (Fsp3) is 0.464. The van der Waals surface area contributed by atoms with Crippen molar-refractivity contribution in [2.75, 3.05) is 13.7 Å². The molecule has 8 nitrogen and oxygen atoms in total. The number of carbonyl (C=O) groups excluding carboxylic acids is 3. The maximum absolute atomic E-state index is 13.4. The Bertz CT molecular complexity index is 1030. The van der Waals surface area contributed by atoms with Crippen LogP contribution >= 0.6 is 0 Å². The minimum Gasteiger partial charge on any atom is -0.497 e. The number of nitrogens with one attached hydrogen (secondary N) is 2. The monoisotopic (exact) mass is 495 g/mol. The highest BCUT2D eigenvalue weighted by molar-refractivity contribution is 5.98. The lowest BCUT2D eigenvalue weighted by molar-refractivity contribution is -0.133. The van der Waals surface area contributed by atoms with Gasteiger partial charge in [-0.3, -0.25) is 14.4 Å². The fourth-order valence-electron chi connectivity index (χ4n) is 4.04. The molecule has 4 atom stereocenters. The van der Waals surface area contributed by atoms with Crippen LogP contribution in [-0.4, -0.2) is 55.0 Å². The smallest absolute Gasteiger partial charge is 0.243 e. The second-order valence-electron chi connectivity index (χ2n) is 9.98. The number of epoxide rings is 1. The topological polar surface area (TPSA) is 123 Å². The molecule has 0 radical (unpaired) electrons. The number of Topliss-reactive ketones (excluding diaryl/α,β-unsaturated/α-hetero) is 1. The minimum atomic E-state index is -0.891. The Morgan fingerprint density at radius 1 is 0.944 bits per heavy atom. The normalized spacial score (nSPS) is 19.2. The predicted molar refractivity (Wildman–Crippen MR) is 137 cm³/mol. The number of hydrogen-bond acceptors (Lipinski definition) is 6. The zero-order valence-corrected chi connectivity index (χ0v) is 21.5. The second kappa shape index (κ2) is 12.1. The van der Waals surface area contributed by atoms with Gasteiger partial charge in [-0.15, -0.1) is 0 Å². The maximum Gasteiger partial charge on any atom is 0.243 e. The molecule has 2 aromatic carbocycles. The van der Waals surface area contributed by atoms with Crippen LogP contribution in [0.3, 0.4) is 0 Å². The summed E-state index contributed by atoms with van der Waals surface area (Å²) in [4.78, 5) is 39.4. The second-order valence-corrected chi connectivity index (χ2v) is 9.98. The van der Waals surface area contributed by atoms with Gasteiger partial charge < -0.3 is 25.8 Å². The summed E-state index contributed by atoms with van der Waals surface area (Å²) in [6, 6.07) is 14.3. The van der Waals surface area contributed by atoms with Crippen molar-refractivity contribution in [3.63, 3.8) is 0 Å². The lowest BCUT2D eigenvalue weighted by atomic mass is 9.93. The molecule has 0 bridgehead atoms. The molecule has 1 aliphatic heterocycles. The average Bonchev–Trinajstić information content (AvgIpc) is 3.61. The quantitative estimate of drug-likeness (QED) is 0.366. The van der Waals surface area contributed by atoms with Crippen molar-refractivity contribution in [1.82, 2.24) is 10.6 Å². The van der Waals surface area contributed by atoms with Crippen molar-refractivity contribution in [3.8, 4) is 5.75 Å². The zero-order valence-electron chi connectivity index (χ0n) is 21.5. The lowest BCUT2D eigenvalue weighted by Gasteiger charge is -2.26. The van der Waals surface area contributed by atoms with Crippen molar-refractivity contribution in [3.05, 3.63) is 65.7 Å². The van der Waals surface area contributed by atoms with Gasteiger partial charge in [0.1, 0.15) is 17.4 Å². The van der Waals surface area contributed by atoms with Crippen LogP contribution < -0.4 is 21.1 Å². The van der Waals surface area contributed by atoms with Gasteiger partial charge >= 0.3 is 0 Å². The Morgan fingerprint density at radius 2 is 1.53 bits per heavy atom. The van der Waals surface area contributed by atoms with Gasteiger partial charge in [0.15, 0.2) is 5.78 Å². The van der Waals surface area contributed by atoms with E-state index in [4.69, 9.17) is 15.2 Å². The highest BCUT2D eigenvalue weighted by Gasteiger charge is 2.50. The molecule has 36 heavy (non-hydrogen) atoms. The molecule has 4 N–H and O–H groups in total. The first-order valence-electron chi connectivity index (χ1n) is 12.3. The van der Waals surface area contributed by atoms with Crippen molar-refractivity contribution in [2.45, 2.75) is 63.8 Å². The number of methoxy groups -OCH3 is 1. The molecule has 3 rings (SSSR count). The van der Waals surface area contributed by atoms with Crippen molar-refractivity contribution in [1.29, 1.82) is 0 Å². The maximum atomic E-state index is 13.4. The van der Waals surface area contributed by atoms with Crippen LogP contribution in [0, 0.1) is 5.92 Å². The summed E-state index contributed by atoms with van der Waals surface area (Å²) in [5.74, 6) is -0.113. The van der Waals surface area contributed by atoms with E-state index in [-0.39, 0.29) is 18.1 Å². The summed E-state index contributed by atoms with van der Waals surface area (Å²) in [5.41, 5.74) is 7.10. The number of hydrogen-bond donors (Lipinski definition) is 3. The molecule has 4 unspecified atom stereocenters. The SMILES string of the molecule is COc1ccc(CC(N)C(=O)NC(Cc2ccccc2)C(=O)NC(CC(C)C)C(=O)C2(C)CO2)cc1. The highest BCUT2D eigenvalue weighted by Crippen LogP contribution is 2.29. The summed E-state index contributed by atoms with van der Waals surface area (Å²) < 4.78 is 10.5. The van der Waals surface area contributed by atoms with Gasteiger partial charge in [0.25, 0.3) is 0 Å². The van der Waals surface area contributed by atoms with Crippen LogP contribution in [0.25, 0.3) is 0 Å². The molecular weight excluding hydrogens is 458 g/mol. The summed E-state index contributed by atoms with van der Waals surface area (Å²) in [7, 11) is 1.59. The summed E-state index contributed by atoms with van der Waals surface area (Å²) in [5, 5.41) is 5.70. The first-order valence-corrected chi connectivity index (χ1v) is 12.3. The van der Waals surface area contributed by atoms with E-state index in [0.717, 1.165) is 11.1 Å². The van der Waals surface area contributed by atoms with Gasteiger partial charge in [0, 0.05) is 6.42 Å². The number of benzene rings is 2.